The van der Waals surface area contributed by atoms with Crippen molar-refractivity contribution in [3.05, 3.63) is 22.4 Å². The lowest BCUT2D eigenvalue weighted by atomic mass is 10.2. The molecule has 0 saturated carbocycles. The highest BCUT2D eigenvalue weighted by Crippen LogP contribution is 2.12. The molecule has 0 spiro atoms. The predicted molar refractivity (Wildman–Crippen MR) is 73.0 cm³/mol. The van der Waals surface area contributed by atoms with E-state index >= 15 is 0 Å². The number of thiophene rings is 1. The Labute approximate surface area is 112 Å². The first-order valence-electron chi connectivity index (χ1n) is 6.38. The molecule has 0 radical (unpaired) electrons. The molecule has 5 heteroatoms. The minimum Gasteiger partial charge on any atom is -0.376 e. The number of likely N-dealkylation sites (N-methyl/N-ethyl adjacent to an activating group) is 1. The van der Waals surface area contributed by atoms with Crippen molar-refractivity contribution < 1.29 is 9.53 Å². The van der Waals surface area contributed by atoms with Crippen molar-refractivity contribution in [3.63, 3.8) is 0 Å². The van der Waals surface area contributed by atoms with Gasteiger partial charge < -0.3 is 15.0 Å². The van der Waals surface area contributed by atoms with Crippen LogP contribution in [-0.2, 0) is 11.2 Å². The summed E-state index contributed by atoms with van der Waals surface area (Å²) in [5, 5.41) is 4.99. The van der Waals surface area contributed by atoms with Crippen molar-refractivity contribution in [2.45, 2.75) is 25.4 Å². The lowest BCUT2D eigenvalue weighted by molar-refractivity contribution is 0.0875. The van der Waals surface area contributed by atoms with E-state index < -0.39 is 0 Å². The Morgan fingerprint density at radius 3 is 3.22 bits per heavy atom. The van der Waals surface area contributed by atoms with Crippen molar-refractivity contribution in [3.8, 4) is 0 Å². The summed E-state index contributed by atoms with van der Waals surface area (Å²) in [5.74, 6) is 0. The maximum absolute atomic E-state index is 11.8. The Kier molecular flexibility index (Phi) is 5.01. The van der Waals surface area contributed by atoms with E-state index in [0.717, 1.165) is 25.9 Å². The summed E-state index contributed by atoms with van der Waals surface area (Å²) >= 11 is 1.72. The Hall–Kier alpha value is -1.07. The molecule has 1 atom stereocenters. The molecule has 0 unspecified atom stereocenters. The van der Waals surface area contributed by atoms with Gasteiger partial charge in [-0.15, -0.1) is 11.3 Å². The molecule has 2 amide bonds. The Balaban J connectivity index is 1.64. The zero-order valence-electron chi connectivity index (χ0n) is 10.7. The monoisotopic (exact) mass is 268 g/mol. The van der Waals surface area contributed by atoms with Gasteiger partial charge in [0.25, 0.3) is 0 Å². The molecule has 1 aromatic rings. The first kappa shape index (κ1) is 13.4. The zero-order valence-corrected chi connectivity index (χ0v) is 11.5. The number of carbonyl (C=O) groups excluding carboxylic acids is 1. The third-order valence-electron chi connectivity index (χ3n) is 3.08. The van der Waals surface area contributed by atoms with Crippen molar-refractivity contribution in [2.24, 2.45) is 0 Å². The number of urea groups is 1. The van der Waals surface area contributed by atoms with E-state index in [9.17, 15) is 4.79 Å². The first-order chi connectivity index (χ1) is 8.75. The second-order valence-electron chi connectivity index (χ2n) is 4.58. The minimum absolute atomic E-state index is 0.0120. The fourth-order valence-electron chi connectivity index (χ4n) is 2.06. The van der Waals surface area contributed by atoms with Crippen LogP contribution >= 0.6 is 11.3 Å². The van der Waals surface area contributed by atoms with Crippen LogP contribution in [0.5, 0.6) is 0 Å². The average molecular weight is 268 g/mol. The van der Waals surface area contributed by atoms with Gasteiger partial charge >= 0.3 is 6.03 Å². The largest absolute Gasteiger partial charge is 0.376 e. The molecule has 1 N–H and O–H groups in total. The molecule has 1 fully saturated rings. The Bertz CT molecular complexity index is 361. The Morgan fingerprint density at radius 2 is 2.56 bits per heavy atom. The third kappa shape index (κ3) is 3.99. The van der Waals surface area contributed by atoms with E-state index in [1.54, 1.807) is 16.2 Å². The van der Waals surface area contributed by atoms with Crippen LogP contribution in [0.3, 0.4) is 0 Å². The first-order valence-corrected chi connectivity index (χ1v) is 7.26. The normalized spacial score (nSPS) is 18.8. The summed E-state index contributed by atoms with van der Waals surface area (Å²) < 4.78 is 5.52. The molecule has 1 aliphatic heterocycles. The number of carbonyl (C=O) groups is 1. The second-order valence-corrected chi connectivity index (χ2v) is 5.61. The maximum Gasteiger partial charge on any atom is 0.317 e. The van der Waals surface area contributed by atoms with Gasteiger partial charge in [-0.3, -0.25) is 0 Å². The molecule has 0 aromatic carbocycles. The summed E-state index contributed by atoms with van der Waals surface area (Å²) in [6.07, 6.45) is 3.29. The third-order valence-corrected chi connectivity index (χ3v) is 4.01. The number of rotatable bonds is 5. The SMILES string of the molecule is CN(C[C@H]1CCCO1)C(=O)NCCc1cccs1. The standard InChI is InChI=1S/C13H20N2O2S/c1-15(10-11-4-2-8-17-11)13(16)14-7-6-12-5-3-9-18-12/h3,5,9,11H,2,4,6-8,10H2,1H3,(H,14,16)/t11-/m1/s1. The van der Waals surface area contributed by atoms with Crippen LogP contribution in [0.4, 0.5) is 4.79 Å². The Morgan fingerprint density at radius 1 is 1.67 bits per heavy atom. The molecular weight excluding hydrogens is 248 g/mol. The van der Waals surface area contributed by atoms with Crippen molar-refractivity contribution in [2.75, 3.05) is 26.7 Å². The molecule has 1 aliphatic rings. The molecule has 100 valence electrons. The van der Waals surface area contributed by atoms with Crippen molar-refractivity contribution in [1.29, 1.82) is 0 Å². The number of nitrogens with zero attached hydrogens (tertiary/aromatic N) is 1. The van der Waals surface area contributed by atoms with Crippen LogP contribution in [0.25, 0.3) is 0 Å². The summed E-state index contributed by atoms with van der Waals surface area (Å²) in [5.41, 5.74) is 0. The molecule has 2 rings (SSSR count). The van der Waals surface area contributed by atoms with Crippen LogP contribution in [0.2, 0.25) is 0 Å². The molecular formula is C13H20N2O2S. The molecule has 0 bridgehead atoms. The molecule has 18 heavy (non-hydrogen) atoms. The maximum atomic E-state index is 11.8. The number of ether oxygens (including phenoxy) is 1. The number of hydrogen-bond donors (Lipinski definition) is 1. The number of amides is 2. The van der Waals surface area contributed by atoms with Gasteiger partial charge in [-0.05, 0) is 30.7 Å². The highest BCUT2D eigenvalue weighted by atomic mass is 32.1. The van der Waals surface area contributed by atoms with E-state index in [-0.39, 0.29) is 12.1 Å². The number of nitrogens with one attached hydrogen (secondary N) is 1. The van der Waals surface area contributed by atoms with Crippen LogP contribution in [0.1, 0.15) is 17.7 Å². The van der Waals surface area contributed by atoms with Gasteiger partial charge in [-0.1, -0.05) is 6.07 Å². The second kappa shape index (κ2) is 6.75. The lowest BCUT2D eigenvalue weighted by Crippen LogP contribution is -2.41. The fourth-order valence-corrected chi connectivity index (χ4v) is 2.77. The van der Waals surface area contributed by atoms with Crippen LogP contribution in [0.15, 0.2) is 17.5 Å². The van der Waals surface area contributed by atoms with Gasteiger partial charge in [0.2, 0.25) is 0 Å². The molecule has 1 aromatic heterocycles. The highest BCUT2D eigenvalue weighted by Gasteiger charge is 2.19. The van der Waals surface area contributed by atoms with Gasteiger partial charge in [-0.2, -0.15) is 0 Å². The number of hydrogen-bond acceptors (Lipinski definition) is 3. The average Bonchev–Trinajstić information content (AvgIpc) is 3.01. The van der Waals surface area contributed by atoms with E-state index in [1.165, 1.54) is 4.88 Å². The topological polar surface area (TPSA) is 41.6 Å². The summed E-state index contributed by atoms with van der Waals surface area (Å²) in [6.45, 7) is 2.21. The van der Waals surface area contributed by atoms with Crippen LogP contribution < -0.4 is 5.32 Å². The van der Waals surface area contributed by atoms with Gasteiger partial charge in [0.15, 0.2) is 0 Å². The van der Waals surface area contributed by atoms with Gasteiger partial charge in [0.05, 0.1) is 6.10 Å². The predicted octanol–water partition coefficient (Wildman–Crippen LogP) is 2.11. The quantitative estimate of drug-likeness (QED) is 0.888. The molecule has 2 heterocycles. The van der Waals surface area contributed by atoms with Gasteiger partial charge in [0.1, 0.15) is 0 Å². The van der Waals surface area contributed by atoms with Crippen molar-refractivity contribution >= 4 is 17.4 Å². The molecule has 1 saturated heterocycles. The van der Waals surface area contributed by atoms with E-state index in [2.05, 4.69) is 16.8 Å². The van der Waals surface area contributed by atoms with E-state index in [0.29, 0.717) is 13.1 Å². The zero-order chi connectivity index (χ0) is 12.8. The summed E-state index contributed by atoms with van der Waals surface area (Å²) in [7, 11) is 1.82. The van der Waals surface area contributed by atoms with Gasteiger partial charge in [0, 0.05) is 31.6 Å². The van der Waals surface area contributed by atoms with Gasteiger partial charge in [-0.25, -0.2) is 4.79 Å². The summed E-state index contributed by atoms with van der Waals surface area (Å²) in [6, 6.07) is 4.11. The molecule has 4 nitrogen and oxygen atoms in total. The van der Waals surface area contributed by atoms with Crippen LogP contribution in [0, 0.1) is 0 Å². The fraction of sp³-hybridized carbons (Fsp3) is 0.615. The van der Waals surface area contributed by atoms with E-state index in [4.69, 9.17) is 4.74 Å². The van der Waals surface area contributed by atoms with Crippen LogP contribution in [-0.4, -0.2) is 43.8 Å². The van der Waals surface area contributed by atoms with Crippen molar-refractivity contribution in [1.82, 2.24) is 10.2 Å². The molecule has 0 aliphatic carbocycles. The summed E-state index contributed by atoms with van der Waals surface area (Å²) in [4.78, 5) is 14.8. The minimum atomic E-state index is -0.0120. The lowest BCUT2D eigenvalue weighted by Gasteiger charge is -2.21. The highest BCUT2D eigenvalue weighted by molar-refractivity contribution is 7.09. The smallest absolute Gasteiger partial charge is 0.317 e. The van der Waals surface area contributed by atoms with E-state index in [1.807, 2.05) is 13.1 Å².